The van der Waals surface area contributed by atoms with Crippen molar-refractivity contribution in [2.45, 2.75) is 19.8 Å². The Morgan fingerprint density at radius 2 is 1.31 bits per heavy atom. The molecule has 3 aromatic rings. The van der Waals surface area contributed by atoms with Crippen molar-refractivity contribution in [3.63, 3.8) is 0 Å². The summed E-state index contributed by atoms with van der Waals surface area (Å²) in [7, 11) is 0. The summed E-state index contributed by atoms with van der Waals surface area (Å²) < 4.78 is 10.3. The molecule has 7 nitrogen and oxygen atoms in total. The predicted octanol–water partition coefficient (Wildman–Crippen LogP) is 3.42. The van der Waals surface area contributed by atoms with Gasteiger partial charge in [-0.25, -0.2) is 4.98 Å². The van der Waals surface area contributed by atoms with Gasteiger partial charge >= 0.3 is 11.9 Å². The number of nitrogens with zero attached hydrogens (tertiary/aromatic N) is 3. The molecular weight excluding hydrogens is 370 g/mol. The zero-order chi connectivity index (χ0) is 20.6. The lowest BCUT2D eigenvalue weighted by Crippen LogP contribution is -2.28. The number of hydrogen-bond donors (Lipinski definition) is 0. The number of rotatable bonds is 7. The van der Waals surface area contributed by atoms with E-state index >= 15 is 0 Å². The first-order chi connectivity index (χ1) is 14.2. The van der Waals surface area contributed by atoms with Crippen LogP contribution in [-0.2, 0) is 19.1 Å². The molecule has 3 rings (SSSR count). The molecule has 0 aliphatic carbocycles. The summed E-state index contributed by atoms with van der Waals surface area (Å²) in [6, 6.07) is 18.3. The molecule has 7 heteroatoms. The second-order valence-corrected chi connectivity index (χ2v) is 6.04. The van der Waals surface area contributed by atoms with E-state index in [2.05, 4.69) is 15.2 Å². The average molecular weight is 391 g/mol. The monoisotopic (exact) mass is 391 g/mol. The van der Waals surface area contributed by atoms with Crippen LogP contribution < -0.4 is 0 Å². The Morgan fingerprint density at radius 3 is 1.83 bits per heavy atom. The van der Waals surface area contributed by atoms with Gasteiger partial charge in [0.25, 0.3) is 0 Å². The van der Waals surface area contributed by atoms with E-state index in [4.69, 9.17) is 9.47 Å². The van der Waals surface area contributed by atoms with Crippen molar-refractivity contribution in [1.82, 2.24) is 15.2 Å². The van der Waals surface area contributed by atoms with Gasteiger partial charge in [0.2, 0.25) is 0 Å². The first-order valence-corrected chi connectivity index (χ1v) is 9.34. The summed E-state index contributed by atoms with van der Waals surface area (Å²) in [6.07, 6.45) is 0. The number of hydrogen-bond acceptors (Lipinski definition) is 7. The molecule has 1 aromatic heterocycles. The Hall–Kier alpha value is -3.61. The molecule has 0 radical (unpaired) electrons. The second kappa shape index (κ2) is 9.54. The highest BCUT2D eigenvalue weighted by Crippen LogP contribution is 2.29. The maximum atomic E-state index is 12.7. The van der Waals surface area contributed by atoms with Gasteiger partial charge in [-0.15, -0.1) is 10.2 Å². The number of esters is 2. The molecule has 0 aliphatic heterocycles. The molecule has 2 aromatic carbocycles. The standard InChI is InChI=1S/C22H21N3O4/c1-3-28-21(26)17(22(27)29-4-2)19-18(15-11-7-5-8-12-15)24-25-20(23-19)16-13-9-6-10-14-16/h5-14,17H,3-4H2,1-2H3. The summed E-state index contributed by atoms with van der Waals surface area (Å²) in [5, 5.41) is 8.52. The lowest BCUT2D eigenvalue weighted by molar-refractivity contribution is -0.157. The van der Waals surface area contributed by atoms with Gasteiger partial charge in [0.15, 0.2) is 11.7 Å². The van der Waals surface area contributed by atoms with Crippen LogP contribution in [0.3, 0.4) is 0 Å². The smallest absolute Gasteiger partial charge is 0.326 e. The quantitative estimate of drug-likeness (QED) is 0.450. The van der Waals surface area contributed by atoms with Crippen LogP contribution in [0.4, 0.5) is 0 Å². The Morgan fingerprint density at radius 1 is 0.793 bits per heavy atom. The minimum absolute atomic E-state index is 0.124. The summed E-state index contributed by atoms with van der Waals surface area (Å²) in [5.41, 5.74) is 1.88. The lowest BCUT2D eigenvalue weighted by atomic mass is 9.99. The Balaban J connectivity index is 2.20. The van der Waals surface area contributed by atoms with Crippen LogP contribution in [-0.4, -0.2) is 40.3 Å². The van der Waals surface area contributed by atoms with Gasteiger partial charge < -0.3 is 9.47 Å². The van der Waals surface area contributed by atoms with Crippen LogP contribution in [0.2, 0.25) is 0 Å². The number of carbonyl (C=O) groups is 2. The van der Waals surface area contributed by atoms with Crippen molar-refractivity contribution >= 4 is 11.9 Å². The molecular formula is C22H21N3O4. The van der Waals surface area contributed by atoms with Crippen LogP contribution in [0, 0.1) is 0 Å². The molecule has 0 unspecified atom stereocenters. The van der Waals surface area contributed by atoms with Gasteiger partial charge in [-0.1, -0.05) is 60.7 Å². The van der Waals surface area contributed by atoms with E-state index in [9.17, 15) is 9.59 Å². The Kier molecular flexibility index (Phi) is 6.63. The van der Waals surface area contributed by atoms with Gasteiger partial charge in [-0.3, -0.25) is 9.59 Å². The minimum atomic E-state index is -1.36. The van der Waals surface area contributed by atoms with E-state index in [-0.39, 0.29) is 18.9 Å². The zero-order valence-electron chi connectivity index (χ0n) is 16.2. The van der Waals surface area contributed by atoms with Crippen LogP contribution in [0.25, 0.3) is 22.6 Å². The van der Waals surface area contributed by atoms with Gasteiger partial charge in [0.1, 0.15) is 5.69 Å². The topological polar surface area (TPSA) is 91.3 Å². The maximum absolute atomic E-state index is 12.7. The molecule has 0 amide bonds. The van der Waals surface area contributed by atoms with Crippen LogP contribution in [0.1, 0.15) is 25.5 Å². The molecule has 0 saturated carbocycles. The fourth-order valence-corrected chi connectivity index (χ4v) is 2.82. The molecule has 1 heterocycles. The van der Waals surface area contributed by atoms with Crippen molar-refractivity contribution in [3.05, 3.63) is 66.4 Å². The lowest BCUT2D eigenvalue weighted by Gasteiger charge is -2.17. The van der Waals surface area contributed by atoms with E-state index in [1.165, 1.54) is 0 Å². The number of aromatic nitrogens is 3. The van der Waals surface area contributed by atoms with Gasteiger partial charge in [-0.2, -0.15) is 0 Å². The maximum Gasteiger partial charge on any atom is 0.326 e. The van der Waals surface area contributed by atoms with Gasteiger partial charge in [0, 0.05) is 11.1 Å². The molecule has 0 saturated heterocycles. The molecule has 0 N–H and O–H groups in total. The third-order valence-corrected chi connectivity index (χ3v) is 4.11. The van der Waals surface area contributed by atoms with E-state index in [0.29, 0.717) is 22.6 Å². The summed E-state index contributed by atoms with van der Waals surface area (Å²) in [5.74, 6) is -2.52. The number of carbonyl (C=O) groups excluding carboxylic acids is 2. The molecule has 0 atom stereocenters. The first kappa shape index (κ1) is 20.1. The van der Waals surface area contributed by atoms with Crippen LogP contribution in [0.5, 0.6) is 0 Å². The van der Waals surface area contributed by atoms with Crippen molar-refractivity contribution in [2.24, 2.45) is 0 Å². The average Bonchev–Trinajstić information content (AvgIpc) is 2.75. The van der Waals surface area contributed by atoms with Crippen LogP contribution >= 0.6 is 0 Å². The third-order valence-electron chi connectivity index (χ3n) is 4.11. The molecule has 0 aliphatic rings. The third kappa shape index (κ3) is 4.63. The summed E-state index contributed by atoms with van der Waals surface area (Å²) in [4.78, 5) is 29.9. The summed E-state index contributed by atoms with van der Waals surface area (Å²) in [6.45, 7) is 3.59. The zero-order valence-corrected chi connectivity index (χ0v) is 16.2. The second-order valence-electron chi connectivity index (χ2n) is 6.04. The molecule has 0 spiro atoms. The number of benzene rings is 2. The van der Waals surface area contributed by atoms with Crippen molar-refractivity contribution < 1.29 is 19.1 Å². The highest BCUT2D eigenvalue weighted by atomic mass is 16.6. The fraction of sp³-hybridized carbons (Fsp3) is 0.227. The normalized spacial score (nSPS) is 10.6. The van der Waals surface area contributed by atoms with Crippen molar-refractivity contribution in [3.8, 4) is 22.6 Å². The molecule has 29 heavy (non-hydrogen) atoms. The molecule has 0 bridgehead atoms. The predicted molar refractivity (Wildman–Crippen MR) is 107 cm³/mol. The first-order valence-electron chi connectivity index (χ1n) is 9.34. The van der Waals surface area contributed by atoms with E-state index in [0.717, 1.165) is 0 Å². The van der Waals surface area contributed by atoms with Gasteiger partial charge in [0.05, 0.1) is 18.9 Å². The van der Waals surface area contributed by atoms with E-state index in [1.54, 1.807) is 13.8 Å². The van der Waals surface area contributed by atoms with Crippen molar-refractivity contribution in [2.75, 3.05) is 13.2 Å². The highest BCUT2D eigenvalue weighted by Gasteiger charge is 2.36. The molecule has 0 fully saturated rings. The largest absolute Gasteiger partial charge is 0.465 e. The minimum Gasteiger partial charge on any atom is -0.465 e. The SMILES string of the molecule is CCOC(=O)C(C(=O)OCC)c1nc(-c2ccccc2)nnc1-c1ccccc1. The van der Waals surface area contributed by atoms with Gasteiger partial charge in [-0.05, 0) is 13.8 Å². The van der Waals surface area contributed by atoms with Crippen molar-refractivity contribution in [1.29, 1.82) is 0 Å². The van der Waals surface area contributed by atoms with E-state index in [1.807, 2.05) is 60.7 Å². The Labute approximate surface area is 168 Å². The summed E-state index contributed by atoms with van der Waals surface area (Å²) >= 11 is 0. The fourth-order valence-electron chi connectivity index (χ4n) is 2.82. The van der Waals surface area contributed by atoms with E-state index < -0.39 is 17.9 Å². The highest BCUT2D eigenvalue weighted by molar-refractivity contribution is 6.01. The number of ether oxygens (including phenoxy) is 2. The Bertz CT molecular complexity index is 960. The van der Waals surface area contributed by atoms with Crippen LogP contribution in [0.15, 0.2) is 60.7 Å². The molecule has 148 valence electrons.